The zero-order valence-electron chi connectivity index (χ0n) is 12.0. The first-order valence-electron chi connectivity index (χ1n) is 7.33. The minimum Gasteiger partial charge on any atom is -0.315 e. The number of hydrogen-bond donors (Lipinski definition) is 2. The van der Waals surface area contributed by atoms with E-state index in [2.05, 4.69) is 10.0 Å². The fourth-order valence-corrected chi connectivity index (χ4v) is 5.06. The molecule has 1 fully saturated rings. The molecular formula is C14H24N2O2S2. The highest BCUT2D eigenvalue weighted by Gasteiger charge is 2.18. The van der Waals surface area contributed by atoms with Crippen LogP contribution in [0.25, 0.3) is 0 Å². The maximum atomic E-state index is 12.2. The summed E-state index contributed by atoms with van der Waals surface area (Å²) in [5.74, 6) is 0.703. The van der Waals surface area contributed by atoms with Crippen molar-refractivity contribution in [3.8, 4) is 0 Å². The van der Waals surface area contributed by atoms with Gasteiger partial charge < -0.3 is 5.32 Å². The van der Waals surface area contributed by atoms with Crippen LogP contribution in [0.1, 0.15) is 43.4 Å². The van der Waals surface area contributed by atoms with Crippen molar-refractivity contribution in [3.05, 3.63) is 16.3 Å². The molecule has 1 aromatic heterocycles. The molecule has 0 aromatic carbocycles. The van der Waals surface area contributed by atoms with Gasteiger partial charge in [-0.1, -0.05) is 32.1 Å². The number of hydrogen-bond acceptors (Lipinski definition) is 4. The zero-order chi connectivity index (χ0) is 14.4. The van der Waals surface area contributed by atoms with Crippen LogP contribution in [0.5, 0.6) is 0 Å². The Morgan fingerprint density at radius 1 is 1.30 bits per heavy atom. The lowest BCUT2D eigenvalue weighted by molar-refractivity contribution is 0.339. The zero-order valence-corrected chi connectivity index (χ0v) is 13.7. The first kappa shape index (κ1) is 15.9. The minimum atomic E-state index is -3.33. The van der Waals surface area contributed by atoms with E-state index < -0.39 is 10.0 Å². The lowest BCUT2D eigenvalue weighted by Gasteiger charge is -2.21. The van der Waals surface area contributed by atoms with Crippen molar-refractivity contribution in [3.63, 3.8) is 0 Å². The molecule has 0 aliphatic heterocycles. The van der Waals surface area contributed by atoms with Gasteiger partial charge in [-0.25, -0.2) is 13.1 Å². The van der Waals surface area contributed by atoms with Gasteiger partial charge in [0.15, 0.2) is 0 Å². The normalized spacial score (nSPS) is 17.4. The smallest absolute Gasteiger partial charge is 0.241 e. The number of nitrogens with one attached hydrogen (secondary N) is 2. The molecule has 0 atom stereocenters. The Balaban J connectivity index is 1.83. The Bertz CT molecular complexity index is 505. The maximum Gasteiger partial charge on any atom is 0.241 e. The molecular weight excluding hydrogens is 292 g/mol. The third-order valence-electron chi connectivity index (χ3n) is 3.86. The van der Waals surface area contributed by atoms with Gasteiger partial charge in [-0.3, -0.25) is 0 Å². The van der Waals surface area contributed by atoms with Gasteiger partial charge in [0.2, 0.25) is 10.0 Å². The quantitative estimate of drug-likeness (QED) is 0.813. The summed E-state index contributed by atoms with van der Waals surface area (Å²) in [6.45, 7) is 1.27. The van der Waals surface area contributed by atoms with Gasteiger partial charge >= 0.3 is 0 Å². The predicted octanol–water partition coefficient (Wildman–Crippen LogP) is 2.72. The van der Waals surface area contributed by atoms with Gasteiger partial charge in [0.25, 0.3) is 0 Å². The lowest BCUT2D eigenvalue weighted by Crippen LogP contribution is -2.26. The van der Waals surface area contributed by atoms with Gasteiger partial charge in [0, 0.05) is 23.3 Å². The second kappa shape index (κ2) is 7.54. The lowest BCUT2D eigenvalue weighted by atomic mass is 9.87. The minimum absolute atomic E-state index is 0.399. The largest absolute Gasteiger partial charge is 0.315 e. The van der Waals surface area contributed by atoms with E-state index in [9.17, 15) is 8.42 Å². The van der Waals surface area contributed by atoms with Crippen LogP contribution in [0.4, 0.5) is 0 Å². The summed E-state index contributed by atoms with van der Waals surface area (Å²) in [5, 5.41) is 4.75. The highest BCUT2D eigenvalue weighted by atomic mass is 32.2. The number of sulfonamides is 1. The monoisotopic (exact) mass is 316 g/mol. The van der Waals surface area contributed by atoms with Crippen LogP contribution >= 0.6 is 11.3 Å². The Morgan fingerprint density at radius 2 is 2.05 bits per heavy atom. The predicted molar refractivity (Wildman–Crippen MR) is 83.5 cm³/mol. The average molecular weight is 316 g/mol. The Hall–Kier alpha value is -0.430. The molecule has 20 heavy (non-hydrogen) atoms. The molecule has 0 radical (unpaired) electrons. The molecule has 6 heteroatoms. The van der Waals surface area contributed by atoms with Crippen molar-refractivity contribution in [1.82, 2.24) is 10.0 Å². The Labute approximate surface area is 126 Å². The molecule has 1 aliphatic carbocycles. The van der Waals surface area contributed by atoms with Crippen LogP contribution in [0.2, 0.25) is 0 Å². The fraction of sp³-hybridized carbons (Fsp3) is 0.714. The molecule has 0 spiro atoms. The molecule has 0 unspecified atom stereocenters. The first-order chi connectivity index (χ1) is 9.62. The molecule has 0 amide bonds. The molecule has 1 aliphatic rings. The second-order valence-corrected chi connectivity index (χ2v) is 8.23. The van der Waals surface area contributed by atoms with Gasteiger partial charge in [-0.05, 0) is 25.5 Å². The van der Waals surface area contributed by atoms with E-state index in [1.165, 1.54) is 43.4 Å². The maximum absolute atomic E-state index is 12.2. The van der Waals surface area contributed by atoms with Crippen molar-refractivity contribution in [1.29, 1.82) is 0 Å². The number of rotatable bonds is 7. The van der Waals surface area contributed by atoms with Crippen molar-refractivity contribution in [2.24, 2.45) is 5.92 Å². The molecule has 0 bridgehead atoms. The van der Waals surface area contributed by atoms with E-state index in [1.54, 1.807) is 11.4 Å². The van der Waals surface area contributed by atoms with Crippen LogP contribution < -0.4 is 10.0 Å². The summed E-state index contributed by atoms with van der Waals surface area (Å²) >= 11 is 1.48. The van der Waals surface area contributed by atoms with E-state index in [0.29, 0.717) is 23.9 Å². The van der Waals surface area contributed by atoms with E-state index in [1.807, 2.05) is 7.05 Å². The van der Waals surface area contributed by atoms with Gasteiger partial charge in [-0.15, -0.1) is 11.3 Å². The van der Waals surface area contributed by atoms with Crippen molar-refractivity contribution >= 4 is 21.4 Å². The summed E-state index contributed by atoms with van der Waals surface area (Å²) in [6, 6.07) is 1.75. The van der Waals surface area contributed by atoms with E-state index in [-0.39, 0.29) is 0 Å². The SMILES string of the molecule is CNCc1cc(S(=O)(=O)NCCC2CCCCC2)cs1. The van der Waals surface area contributed by atoms with E-state index in [4.69, 9.17) is 0 Å². The van der Waals surface area contributed by atoms with Gasteiger partial charge in [0.1, 0.15) is 0 Å². The molecule has 2 rings (SSSR count). The number of thiophene rings is 1. The van der Waals surface area contributed by atoms with Gasteiger partial charge in [0.05, 0.1) is 4.90 Å². The van der Waals surface area contributed by atoms with Crippen LogP contribution in [0, 0.1) is 5.92 Å². The summed E-state index contributed by atoms with van der Waals surface area (Å²) in [7, 11) is -1.47. The van der Waals surface area contributed by atoms with Gasteiger partial charge in [-0.2, -0.15) is 0 Å². The third-order valence-corrected chi connectivity index (χ3v) is 6.39. The molecule has 114 valence electrons. The molecule has 1 saturated carbocycles. The average Bonchev–Trinajstić information content (AvgIpc) is 2.90. The highest BCUT2D eigenvalue weighted by molar-refractivity contribution is 7.89. The Morgan fingerprint density at radius 3 is 2.75 bits per heavy atom. The van der Waals surface area contributed by atoms with Crippen LogP contribution in [0.3, 0.4) is 0 Å². The van der Waals surface area contributed by atoms with Crippen LogP contribution in [-0.4, -0.2) is 22.0 Å². The topological polar surface area (TPSA) is 58.2 Å². The first-order valence-corrected chi connectivity index (χ1v) is 9.70. The van der Waals surface area contributed by atoms with E-state index >= 15 is 0 Å². The van der Waals surface area contributed by atoms with Crippen molar-refractivity contribution in [2.75, 3.05) is 13.6 Å². The summed E-state index contributed by atoms with van der Waals surface area (Å²) in [6.07, 6.45) is 7.42. The molecule has 1 aromatic rings. The second-order valence-electron chi connectivity index (χ2n) is 5.47. The van der Waals surface area contributed by atoms with Crippen molar-refractivity contribution < 1.29 is 8.42 Å². The fourth-order valence-electron chi connectivity index (χ4n) is 2.72. The van der Waals surface area contributed by atoms with E-state index in [0.717, 1.165) is 11.3 Å². The van der Waals surface area contributed by atoms with Crippen LogP contribution in [-0.2, 0) is 16.6 Å². The van der Waals surface area contributed by atoms with Crippen molar-refractivity contribution in [2.45, 2.75) is 50.0 Å². The third kappa shape index (κ3) is 4.55. The molecule has 1 heterocycles. The molecule has 0 saturated heterocycles. The molecule has 4 nitrogen and oxygen atoms in total. The highest BCUT2D eigenvalue weighted by Crippen LogP contribution is 2.26. The summed E-state index contributed by atoms with van der Waals surface area (Å²) in [5.41, 5.74) is 0. The molecule has 2 N–H and O–H groups in total. The summed E-state index contributed by atoms with van der Waals surface area (Å²) < 4.78 is 27.1. The summed E-state index contributed by atoms with van der Waals surface area (Å²) in [4.78, 5) is 1.44. The van der Waals surface area contributed by atoms with Crippen LogP contribution in [0.15, 0.2) is 16.3 Å². The Kier molecular flexibility index (Phi) is 6.01. The standard InChI is InChI=1S/C14H24N2O2S2/c1-15-10-13-9-14(11-19-13)20(17,18)16-8-7-12-5-3-2-4-6-12/h9,11-12,15-16H,2-8,10H2,1H3.